The first-order valence-electron chi connectivity index (χ1n) is 19.0. The third-order valence-electron chi connectivity index (χ3n) is 11.7. The minimum atomic E-state index is -0.196. The van der Waals surface area contributed by atoms with E-state index in [1.54, 1.807) is 0 Å². The van der Waals surface area contributed by atoms with Crippen molar-refractivity contribution >= 4 is 49.4 Å². The summed E-state index contributed by atoms with van der Waals surface area (Å²) in [5.41, 5.74) is 16.3. The number of nitrogens with zero attached hydrogens (tertiary/aromatic N) is 1. The molecule has 1 heteroatoms. The van der Waals surface area contributed by atoms with Crippen LogP contribution in [-0.2, 0) is 5.41 Å². The molecule has 0 saturated carbocycles. The summed E-state index contributed by atoms with van der Waals surface area (Å²) in [7, 11) is 0. The summed E-state index contributed by atoms with van der Waals surface area (Å²) < 4.78 is 0. The maximum Gasteiger partial charge on any atom is 0.0465 e. The Morgan fingerprint density at radius 2 is 0.833 bits per heavy atom. The normalized spacial score (nSPS) is 13.0. The number of anilines is 3. The second-order valence-electron chi connectivity index (χ2n) is 15.5. The predicted octanol–water partition coefficient (Wildman–Crippen LogP) is 14.9. The van der Waals surface area contributed by atoms with Crippen LogP contribution < -0.4 is 4.90 Å². The van der Waals surface area contributed by atoms with Crippen LogP contribution in [0.3, 0.4) is 0 Å². The van der Waals surface area contributed by atoms with Gasteiger partial charge in [0.05, 0.1) is 0 Å². The number of benzene rings is 9. The molecule has 0 atom stereocenters. The van der Waals surface area contributed by atoms with Crippen molar-refractivity contribution in [3.63, 3.8) is 0 Å². The van der Waals surface area contributed by atoms with Crippen molar-refractivity contribution in [2.45, 2.75) is 33.1 Å². The molecule has 258 valence electrons. The van der Waals surface area contributed by atoms with E-state index in [1.807, 2.05) is 0 Å². The highest BCUT2D eigenvalue weighted by atomic mass is 15.1. The zero-order valence-electron chi connectivity index (χ0n) is 31.2. The Morgan fingerprint density at radius 1 is 0.370 bits per heavy atom. The van der Waals surface area contributed by atoms with Gasteiger partial charge in [-0.1, -0.05) is 141 Å². The number of hydrogen-bond donors (Lipinski definition) is 0. The Hall–Kier alpha value is -6.44. The quantitative estimate of drug-likeness (QED) is 0.162. The number of aryl methyl sites for hydroxylation is 2. The lowest BCUT2D eigenvalue weighted by molar-refractivity contribution is 0.660. The van der Waals surface area contributed by atoms with Crippen molar-refractivity contribution in [1.82, 2.24) is 0 Å². The van der Waals surface area contributed by atoms with Crippen molar-refractivity contribution < 1.29 is 0 Å². The molecule has 0 aliphatic heterocycles. The van der Waals surface area contributed by atoms with Gasteiger partial charge in [-0.15, -0.1) is 0 Å². The van der Waals surface area contributed by atoms with E-state index < -0.39 is 0 Å². The number of rotatable bonds is 5. The predicted molar refractivity (Wildman–Crippen MR) is 232 cm³/mol. The van der Waals surface area contributed by atoms with Gasteiger partial charge in [-0.2, -0.15) is 0 Å². The molecule has 0 amide bonds. The molecular weight excluding hydrogens is 651 g/mol. The molecule has 0 fully saturated rings. The molecule has 54 heavy (non-hydrogen) atoms. The van der Waals surface area contributed by atoms with Gasteiger partial charge >= 0.3 is 0 Å². The van der Waals surface area contributed by atoms with Crippen molar-refractivity contribution in [3.05, 3.63) is 198 Å². The summed E-state index contributed by atoms with van der Waals surface area (Å²) in [6.45, 7) is 9.13. The second kappa shape index (κ2) is 12.3. The molecule has 1 aliphatic rings. The third kappa shape index (κ3) is 5.07. The molecule has 9 aromatic rings. The van der Waals surface area contributed by atoms with Crippen molar-refractivity contribution in [2.24, 2.45) is 0 Å². The summed E-state index contributed by atoms with van der Waals surface area (Å²) in [6.07, 6.45) is 0. The lowest BCUT2D eigenvalue weighted by Crippen LogP contribution is -2.16. The van der Waals surface area contributed by atoms with Crippen LogP contribution in [0, 0.1) is 13.8 Å². The van der Waals surface area contributed by atoms with Gasteiger partial charge in [-0.25, -0.2) is 0 Å². The molecule has 10 rings (SSSR count). The van der Waals surface area contributed by atoms with E-state index in [9.17, 15) is 0 Å². The summed E-state index contributed by atoms with van der Waals surface area (Å²) in [5, 5.41) is 7.64. The molecule has 0 N–H and O–H groups in total. The summed E-state index contributed by atoms with van der Waals surface area (Å²) in [5.74, 6) is 0. The maximum absolute atomic E-state index is 2.48. The van der Waals surface area contributed by atoms with Crippen LogP contribution in [0.4, 0.5) is 17.1 Å². The monoisotopic (exact) mass is 691 g/mol. The van der Waals surface area contributed by atoms with E-state index in [-0.39, 0.29) is 5.41 Å². The summed E-state index contributed by atoms with van der Waals surface area (Å²) in [6, 6.07) is 65.5. The molecule has 1 aliphatic carbocycles. The molecule has 1 nitrogen and oxygen atoms in total. The zero-order valence-corrected chi connectivity index (χ0v) is 31.2. The average molecular weight is 692 g/mol. The van der Waals surface area contributed by atoms with Crippen LogP contribution in [0.2, 0.25) is 0 Å². The topological polar surface area (TPSA) is 3.24 Å². The van der Waals surface area contributed by atoms with E-state index in [1.165, 1.54) is 105 Å². The number of fused-ring (bicyclic) bond motifs is 6. The molecule has 0 aromatic heterocycles. The fourth-order valence-electron chi connectivity index (χ4n) is 9.10. The Kier molecular flexibility index (Phi) is 7.35. The lowest BCUT2D eigenvalue weighted by Gasteiger charge is -2.28. The first-order chi connectivity index (χ1) is 26.3. The summed E-state index contributed by atoms with van der Waals surface area (Å²) in [4.78, 5) is 2.40. The average Bonchev–Trinajstić information content (AvgIpc) is 3.41. The highest BCUT2D eigenvalue weighted by molar-refractivity contribution is 6.21. The Balaban J connectivity index is 1.14. The SMILES string of the molecule is Cc1cccc(N(c2cccc(C)c2)c2ccc3c(c2)C(C)(C)c2cc(-c4c5ccccc5c(-c5ccc6ccccc6c5)c5ccccc45)ccc2-3)c1. The molecule has 0 heterocycles. The van der Waals surface area contributed by atoms with Gasteiger partial charge < -0.3 is 4.90 Å². The molecular formula is C53H41N. The van der Waals surface area contributed by atoms with Gasteiger partial charge in [-0.05, 0) is 150 Å². The fraction of sp³-hybridized carbons (Fsp3) is 0.0943. The Bertz CT molecular complexity index is 2840. The van der Waals surface area contributed by atoms with Gasteiger partial charge in [0.15, 0.2) is 0 Å². The van der Waals surface area contributed by atoms with Crippen molar-refractivity contribution in [2.75, 3.05) is 4.90 Å². The Morgan fingerprint density at radius 3 is 1.41 bits per heavy atom. The highest BCUT2D eigenvalue weighted by Gasteiger charge is 2.36. The fourth-order valence-corrected chi connectivity index (χ4v) is 9.10. The summed E-state index contributed by atoms with van der Waals surface area (Å²) >= 11 is 0. The van der Waals surface area contributed by atoms with E-state index in [4.69, 9.17) is 0 Å². The third-order valence-corrected chi connectivity index (χ3v) is 11.7. The van der Waals surface area contributed by atoms with E-state index in [0.29, 0.717) is 0 Å². The molecule has 0 unspecified atom stereocenters. The van der Waals surface area contributed by atoms with Crippen LogP contribution in [0.5, 0.6) is 0 Å². The molecule has 0 radical (unpaired) electrons. The highest BCUT2D eigenvalue weighted by Crippen LogP contribution is 2.53. The van der Waals surface area contributed by atoms with E-state index in [2.05, 4.69) is 209 Å². The van der Waals surface area contributed by atoms with Crippen LogP contribution in [0.1, 0.15) is 36.1 Å². The maximum atomic E-state index is 2.48. The lowest BCUT2D eigenvalue weighted by atomic mass is 9.80. The number of hydrogen-bond acceptors (Lipinski definition) is 1. The van der Waals surface area contributed by atoms with Crippen LogP contribution in [0.25, 0.3) is 65.7 Å². The smallest absolute Gasteiger partial charge is 0.0465 e. The van der Waals surface area contributed by atoms with Crippen LogP contribution in [-0.4, -0.2) is 0 Å². The molecule has 0 spiro atoms. The van der Waals surface area contributed by atoms with E-state index in [0.717, 1.165) is 0 Å². The van der Waals surface area contributed by atoms with E-state index >= 15 is 0 Å². The first-order valence-corrected chi connectivity index (χ1v) is 19.0. The molecule has 0 bridgehead atoms. The largest absolute Gasteiger partial charge is 0.310 e. The molecule has 9 aromatic carbocycles. The van der Waals surface area contributed by atoms with Gasteiger partial charge in [0.25, 0.3) is 0 Å². The van der Waals surface area contributed by atoms with Crippen LogP contribution >= 0.6 is 0 Å². The second-order valence-corrected chi connectivity index (χ2v) is 15.5. The standard InChI is InChI=1S/C53H41N/c1-34-13-11-17-40(29-34)54(41-18-12-14-35(2)30-41)42-26-28-44-43-27-25-39(32-49(43)53(3,4)50(44)33-42)52-47-21-9-7-19-45(47)51(46-20-8-10-22-48(46)52)38-24-23-36-15-5-6-16-37(36)31-38/h5-33H,1-4H3. The van der Waals surface area contributed by atoms with Crippen molar-refractivity contribution in [1.29, 1.82) is 0 Å². The van der Waals surface area contributed by atoms with Gasteiger partial charge in [0.2, 0.25) is 0 Å². The minimum Gasteiger partial charge on any atom is -0.310 e. The van der Waals surface area contributed by atoms with Crippen molar-refractivity contribution in [3.8, 4) is 33.4 Å². The zero-order chi connectivity index (χ0) is 36.6. The minimum absolute atomic E-state index is 0.196. The van der Waals surface area contributed by atoms with Gasteiger partial charge in [-0.3, -0.25) is 0 Å². The molecule has 0 saturated heterocycles. The van der Waals surface area contributed by atoms with Gasteiger partial charge in [0, 0.05) is 22.5 Å². The van der Waals surface area contributed by atoms with Gasteiger partial charge in [0.1, 0.15) is 0 Å². The van der Waals surface area contributed by atoms with Crippen LogP contribution in [0.15, 0.2) is 176 Å². The first kappa shape index (κ1) is 32.2. The Labute approximate surface area is 317 Å².